The van der Waals surface area contributed by atoms with E-state index in [1.165, 1.54) is 6.07 Å². The number of benzene rings is 1. The molecule has 35 heavy (non-hydrogen) atoms. The number of carbonyl (C=O) groups is 2. The van der Waals surface area contributed by atoms with Gasteiger partial charge < -0.3 is 15.5 Å². The molecule has 4 rings (SSSR count). The Hall–Kier alpha value is -3.58. The maximum atomic E-state index is 13.4. The zero-order valence-electron chi connectivity index (χ0n) is 18.0. The molecule has 0 radical (unpaired) electrons. The lowest BCUT2D eigenvalue weighted by molar-refractivity contribution is 0.0945. The number of carbonyl (C=O) groups excluding carboxylic acids is 2. The van der Waals surface area contributed by atoms with Crippen LogP contribution in [0, 0.1) is 11.6 Å². The average Bonchev–Trinajstić information content (AvgIpc) is 3.29. The van der Waals surface area contributed by atoms with Crippen LogP contribution < -0.4 is 15.5 Å². The molecule has 1 aliphatic heterocycles. The lowest BCUT2D eigenvalue weighted by atomic mass is 10.2. The third-order valence-corrected chi connectivity index (χ3v) is 7.17. The van der Waals surface area contributed by atoms with Gasteiger partial charge >= 0.3 is 0 Å². The topological polar surface area (TPSA) is 137 Å². The summed E-state index contributed by atoms with van der Waals surface area (Å²) in [5, 5.41) is 11.1. The number of H-pyrrole nitrogens is 1. The predicted octanol–water partition coefficient (Wildman–Crippen LogP) is 2.15. The smallest absolute Gasteiger partial charge is 0.272 e. The average molecular weight is 525 g/mol. The fraction of sp³-hybridized carbons (Fsp3) is 0.238. The van der Waals surface area contributed by atoms with E-state index in [4.69, 9.17) is 11.6 Å². The summed E-state index contributed by atoms with van der Waals surface area (Å²) in [7, 11) is -2.98. The highest BCUT2D eigenvalue weighted by molar-refractivity contribution is 7.91. The fourth-order valence-corrected chi connectivity index (χ4v) is 4.75. The summed E-state index contributed by atoms with van der Waals surface area (Å²) >= 11 is 5.79. The summed E-state index contributed by atoms with van der Waals surface area (Å²) in [4.78, 5) is 30.9. The van der Waals surface area contributed by atoms with Crippen LogP contribution in [0.2, 0.25) is 5.02 Å². The van der Waals surface area contributed by atoms with Gasteiger partial charge in [0, 0.05) is 31.9 Å². The number of sulfone groups is 1. The molecule has 2 amide bonds. The van der Waals surface area contributed by atoms with Crippen LogP contribution in [0.15, 0.2) is 36.5 Å². The molecule has 0 unspecified atom stereocenters. The van der Waals surface area contributed by atoms with Crippen LogP contribution in [0.1, 0.15) is 26.4 Å². The van der Waals surface area contributed by atoms with Crippen LogP contribution in [0.5, 0.6) is 0 Å². The van der Waals surface area contributed by atoms with E-state index in [0.29, 0.717) is 36.6 Å². The third-order valence-electron chi connectivity index (χ3n) is 5.24. The van der Waals surface area contributed by atoms with Crippen molar-refractivity contribution in [3.63, 3.8) is 0 Å². The summed E-state index contributed by atoms with van der Waals surface area (Å²) in [5.74, 6) is -2.87. The highest BCUT2D eigenvalue weighted by Crippen LogP contribution is 2.21. The first-order valence-corrected chi connectivity index (χ1v) is 12.5. The van der Waals surface area contributed by atoms with Crippen molar-refractivity contribution in [2.24, 2.45) is 0 Å². The molecule has 3 aromatic rings. The minimum absolute atomic E-state index is 0.0178. The van der Waals surface area contributed by atoms with Gasteiger partial charge in [-0.2, -0.15) is 5.10 Å². The number of amides is 2. The van der Waals surface area contributed by atoms with E-state index in [2.05, 4.69) is 25.8 Å². The standard InChI is InChI=1S/C21H19ClF2N6O4S/c22-14-8-16(24)15(23)7-13(14)20(31)27-18-9-17(28-29-18)21(32)26-11-12-1-2-19(25-10-12)30-3-5-35(33,34)6-4-30/h1-2,7-10H,3-6,11H2,(H,26,32)(H2,27,28,29,31). The van der Waals surface area contributed by atoms with E-state index in [-0.39, 0.29) is 40.1 Å². The molecule has 1 aromatic carbocycles. The van der Waals surface area contributed by atoms with Gasteiger partial charge in [-0.25, -0.2) is 22.2 Å². The van der Waals surface area contributed by atoms with E-state index in [1.54, 1.807) is 18.3 Å². The molecule has 0 spiro atoms. The van der Waals surface area contributed by atoms with Crippen LogP contribution in [0.4, 0.5) is 20.4 Å². The molecule has 0 bridgehead atoms. The van der Waals surface area contributed by atoms with E-state index in [1.807, 2.05) is 4.90 Å². The fourth-order valence-electron chi connectivity index (χ4n) is 3.31. The Morgan fingerprint density at radius 3 is 2.49 bits per heavy atom. The molecule has 1 fully saturated rings. The second kappa shape index (κ2) is 9.96. The van der Waals surface area contributed by atoms with Gasteiger partial charge in [-0.1, -0.05) is 17.7 Å². The number of nitrogens with one attached hydrogen (secondary N) is 3. The molecule has 0 atom stereocenters. The summed E-state index contributed by atoms with van der Waals surface area (Å²) < 4.78 is 49.7. The number of halogens is 3. The highest BCUT2D eigenvalue weighted by atomic mass is 35.5. The van der Waals surface area contributed by atoms with Crippen molar-refractivity contribution < 1.29 is 26.8 Å². The zero-order valence-corrected chi connectivity index (χ0v) is 19.6. The van der Waals surface area contributed by atoms with Gasteiger partial charge in [0.15, 0.2) is 27.2 Å². The molecule has 14 heteroatoms. The van der Waals surface area contributed by atoms with E-state index < -0.39 is 33.3 Å². The predicted molar refractivity (Wildman–Crippen MR) is 124 cm³/mol. The molecule has 2 aromatic heterocycles. The first-order valence-electron chi connectivity index (χ1n) is 10.3. The van der Waals surface area contributed by atoms with E-state index >= 15 is 0 Å². The summed E-state index contributed by atoms with van der Waals surface area (Å²) in [6.07, 6.45) is 1.58. The number of nitrogens with zero attached hydrogens (tertiary/aromatic N) is 3. The normalized spacial score (nSPS) is 15.0. The van der Waals surface area contributed by atoms with Crippen LogP contribution in [-0.2, 0) is 16.4 Å². The van der Waals surface area contributed by atoms with Crippen LogP contribution >= 0.6 is 11.6 Å². The van der Waals surface area contributed by atoms with Gasteiger partial charge in [0.05, 0.1) is 22.1 Å². The number of hydrogen-bond acceptors (Lipinski definition) is 7. The monoisotopic (exact) mass is 524 g/mol. The first kappa shape index (κ1) is 24.5. The summed E-state index contributed by atoms with van der Waals surface area (Å²) in [6.45, 7) is 0.914. The maximum absolute atomic E-state index is 13.4. The SMILES string of the molecule is O=C(NCc1ccc(N2CCS(=O)(=O)CC2)nc1)c1cc(NC(=O)c2cc(F)c(F)cc2Cl)[nH]n1. The molecule has 10 nitrogen and oxygen atoms in total. The highest BCUT2D eigenvalue weighted by Gasteiger charge is 2.22. The number of aromatic amines is 1. The van der Waals surface area contributed by atoms with Gasteiger partial charge in [0.25, 0.3) is 11.8 Å². The largest absolute Gasteiger partial charge is 0.355 e. The van der Waals surface area contributed by atoms with Crippen LogP contribution in [-0.4, -0.2) is 60.0 Å². The molecule has 1 saturated heterocycles. The third kappa shape index (κ3) is 5.92. The number of pyridine rings is 1. The Bertz CT molecular complexity index is 1370. The Balaban J connectivity index is 1.31. The Kier molecular flexibility index (Phi) is 6.98. The molecular weight excluding hydrogens is 506 g/mol. The van der Waals surface area contributed by atoms with Crippen molar-refractivity contribution in [3.05, 3.63) is 70.0 Å². The molecule has 184 valence electrons. The number of aromatic nitrogens is 3. The minimum Gasteiger partial charge on any atom is -0.355 e. The first-order chi connectivity index (χ1) is 16.6. The lowest BCUT2D eigenvalue weighted by Crippen LogP contribution is -2.40. The lowest BCUT2D eigenvalue weighted by Gasteiger charge is -2.27. The second-order valence-electron chi connectivity index (χ2n) is 7.71. The minimum atomic E-state index is -2.98. The molecular formula is C21H19ClF2N6O4S. The van der Waals surface area contributed by atoms with E-state index in [0.717, 1.165) is 0 Å². The summed E-state index contributed by atoms with van der Waals surface area (Å²) in [6, 6.07) is 6.16. The van der Waals surface area contributed by atoms with Gasteiger partial charge in [-0.3, -0.25) is 14.7 Å². The van der Waals surface area contributed by atoms with Crippen molar-refractivity contribution in [1.29, 1.82) is 0 Å². The Morgan fingerprint density at radius 1 is 1.09 bits per heavy atom. The zero-order chi connectivity index (χ0) is 25.2. The molecule has 1 aliphatic rings. The van der Waals surface area contributed by atoms with Crippen molar-refractivity contribution in [2.75, 3.05) is 34.8 Å². The van der Waals surface area contributed by atoms with Crippen molar-refractivity contribution in [3.8, 4) is 0 Å². The van der Waals surface area contributed by atoms with Gasteiger partial charge in [-0.05, 0) is 23.8 Å². The number of hydrogen-bond donors (Lipinski definition) is 3. The molecule has 0 aliphatic carbocycles. The second-order valence-corrected chi connectivity index (χ2v) is 10.4. The summed E-state index contributed by atoms with van der Waals surface area (Å²) in [5.41, 5.74) is 0.410. The molecule has 0 saturated carbocycles. The maximum Gasteiger partial charge on any atom is 0.272 e. The molecule has 3 N–H and O–H groups in total. The van der Waals surface area contributed by atoms with Gasteiger partial charge in [-0.15, -0.1) is 0 Å². The van der Waals surface area contributed by atoms with E-state index in [9.17, 15) is 26.8 Å². The van der Waals surface area contributed by atoms with Crippen LogP contribution in [0.3, 0.4) is 0 Å². The van der Waals surface area contributed by atoms with Gasteiger partial charge in [0.1, 0.15) is 11.6 Å². The number of anilines is 2. The van der Waals surface area contributed by atoms with Crippen LogP contribution in [0.25, 0.3) is 0 Å². The van der Waals surface area contributed by atoms with Crippen molar-refractivity contribution in [1.82, 2.24) is 20.5 Å². The van der Waals surface area contributed by atoms with Crippen molar-refractivity contribution >= 4 is 44.9 Å². The number of rotatable bonds is 6. The van der Waals surface area contributed by atoms with Crippen molar-refractivity contribution in [2.45, 2.75) is 6.54 Å². The Labute approximate surface area is 203 Å². The molecule has 3 heterocycles. The Morgan fingerprint density at radius 2 is 1.80 bits per heavy atom. The quantitative estimate of drug-likeness (QED) is 0.420. The van der Waals surface area contributed by atoms with Gasteiger partial charge in [0.2, 0.25) is 0 Å².